The van der Waals surface area contributed by atoms with Gasteiger partial charge in [-0.3, -0.25) is 9.36 Å². The minimum absolute atomic E-state index is 0.0211. The zero-order valence-electron chi connectivity index (χ0n) is 37.6. The van der Waals surface area contributed by atoms with Crippen molar-refractivity contribution in [2.45, 2.75) is 148 Å². The van der Waals surface area contributed by atoms with Crippen LogP contribution in [0.2, 0.25) is 0 Å². The zero-order chi connectivity index (χ0) is 43.6. The van der Waals surface area contributed by atoms with E-state index >= 15 is 0 Å². The molecule has 2 N–H and O–H groups in total. The first-order valence-corrected chi connectivity index (χ1v) is 23.9. The lowest BCUT2D eigenvalue weighted by atomic mass is 10.1. The number of quaternary nitrogens is 1. The number of rotatable bonds is 38. The lowest BCUT2D eigenvalue weighted by molar-refractivity contribution is -0.870. The van der Waals surface area contributed by atoms with Gasteiger partial charge >= 0.3 is 0 Å². The van der Waals surface area contributed by atoms with Crippen LogP contribution in [0.25, 0.3) is 0 Å². The van der Waals surface area contributed by atoms with Gasteiger partial charge in [-0.05, 0) is 96.3 Å². The molecule has 0 bridgehead atoms. The third-order valence-electron chi connectivity index (χ3n) is 8.89. The standard InChI is InChI=1S/C50H83N2O6P/c1-6-8-10-12-14-16-18-19-20-21-22-23-24-25-26-27-28-29-30-31-32-33-34-36-38-40-42-44-50(54)51-48(47-58-59(55,56)57-46-45-52(3,4)5)49(53)43-41-39-37-35-17-15-13-11-9-7-2/h8-11,14,16-17,19-20,22-23,25-26,28-29,31-32,35,41,43,48-49,53H,6-7,12-13,15,18,21,24,27,30,33-34,36-40,42,44-47H2,1-5H3,(H-,51,54,55,56)/b10-8-,11-9+,16-14-,20-19-,23-22-,26-25-,29-28-,32-31-,35-17+,43-41+. The number of carbonyl (C=O) groups excluding carboxylic acids is 1. The van der Waals surface area contributed by atoms with E-state index < -0.39 is 26.6 Å². The molecule has 0 rings (SSSR count). The molecule has 334 valence electrons. The fourth-order valence-corrected chi connectivity index (χ4v) is 6.13. The molecule has 0 heterocycles. The van der Waals surface area contributed by atoms with Gasteiger partial charge in [-0.15, -0.1) is 0 Å². The quantitative estimate of drug-likeness (QED) is 0.0277. The Morgan fingerprint density at radius 2 is 1.00 bits per heavy atom. The van der Waals surface area contributed by atoms with Gasteiger partial charge < -0.3 is 28.8 Å². The summed E-state index contributed by atoms with van der Waals surface area (Å²) >= 11 is 0. The van der Waals surface area contributed by atoms with Gasteiger partial charge in [0.1, 0.15) is 13.2 Å². The van der Waals surface area contributed by atoms with Gasteiger partial charge in [0.05, 0.1) is 39.9 Å². The number of phosphoric acid groups is 1. The van der Waals surface area contributed by atoms with Crippen LogP contribution in [0.1, 0.15) is 136 Å². The Hall–Kier alpha value is -3.10. The van der Waals surface area contributed by atoms with Crippen LogP contribution in [0, 0.1) is 0 Å². The third kappa shape index (κ3) is 42.8. The SMILES string of the molecule is CC/C=C\C/C=C\C/C=C\C/C=C\C/C=C\C/C=C\C/C=C\CCCCCCCC(=O)NC(COP(=O)([O-])OCC[N+](C)(C)C)C(O)/C=C/CC/C=C/CC/C=C/CC. The molecule has 0 aliphatic rings. The van der Waals surface area contributed by atoms with Crippen molar-refractivity contribution in [2.75, 3.05) is 40.9 Å². The summed E-state index contributed by atoms with van der Waals surface area (Å²) in [5, 5.41) is 13.7. The summed E-state index contributed by atoms with van der Waals surface area (Å²) in [6.07, 6.45) is 59.8. The van der Waals surface area contributed by atoms with Crippen LogP contribution >= 0.6 is 7.82 Å². The molecule has 0 spiro atoms. The topological polar surface area (TPSA) is 108 Å². The van der Waals surface area contributed by atoms with E-state index in [9.17, 15) is 19.4 Å². The molecule has 9 heteroatoms. The number of unbranched alkanes of at least 4 members (excludes halogenated alkanes) is 7. The molecule has 0 aromatic rings. The van der Waals surface area contributed by atoms with Crippen molar-refractivity contribution in [3.63, 3.8) is 0 Å². The fraction of sp³-hybridized carbons (Fsp3) is 0.580. The summed E-state index contributed by atoms with van der Waals surface area (Å²) in [5.41, 5.74) is 0. The van der Waals surface area contributed by atoms with E-state index in [2.05, 4.69) is 129 Å². The number of aliphatic hydroxyl groups excluding tert-OH is 1. The number of allylic oxidation sites excluding steroid dienone is 19. The molecule has 3 unspecified atom stereocenters. The second-order valence-electron chi connectivity index (χ2n) is 15.6. The number of carbonyl (C=O) groups is 1. The Labute approximate surface area is 361 Å². The Morgan fingerprint density at radius 1 is 0.593 bits per heavy atom. The second kappa shape index (κ2) is 40.3. The molecule has 0 aliphatic carbocycles. The molecule has 0 fully saturated rings. The van der Waals surface area contributed by atoms with Crippen molar-refractivity contribution >= 4 is 13.7 Å². The molecular formula is C50H83N2O6P. The fourth-order valence-electron chi connectivity index (χ4n) is 5.40. The highest BCUT2D eigenvalue weighted by molar-refractivity contribution is 7.45. The monoisotopic (exact) mass is 839 g/mol. The van der Waals surface area contributed by atoms with Gasteiger partial charge in [-0.1, -0.05) is 155 Å². The van der Waals surface area contributed by atoms with E-state index in [4.69, 9.17) is 9.05 Å². The first-order chi connectivity index (χ1) is 28.5. The van der Waals surface area contributed by atoms with Crippen molar-refractivity contribution in [3.05, 3.63) is 122 Å². The number of amides is 1. The van der Waals surface area contributed by atoms with E-state index in [1.165, 1.54) is 0 Å². The molecule has 0 aliphatic heterocycles. The van der Waals surface area contributed by atoms with Crippen LogP contribution < -0.4 is 10.2 Å². The Balaban J connectivity index is 4.37. The smallest absolute Gasteiger partial charge is 0.268 e. The van der Waals surface area contributed by atoms with E-state index in [1.54, 1.807) is 6.08 Å². The highest BCUT2D eigenvalue weighted by Crippen LogP contribution is 2.38. The summed E-state index contributed by atoms with van der Waals surface area (Å²) in [4.78, 5) is 25.2. The highest BCUT2D eigenvalue weighted by atomic mass is 31.2. The van der Waals surface area contributed by atoms with Gasteiger partial charge in [0.2, 0.25) is 5.91 Å². The Bertz CT molecular complexity index is 1370. The number of hydrogen-bond acceptors (Lipinski definition) is 6. The van der Waals surface area contributed by atoms with Gasteiger partial charge in [0.25, 0.3) is 7.82 Å². The summed E-state index contributed by atoms with van der Waals surface area (Å²) < 4.78 is 23.1. The zero-order valence-corrected chi connectivity index (χ0v) is 38.5. The summed E-state index contributed by atoms with van der Waals surface area (Å²) in [7, 11) is 1.19. The number of phosphoric ester groups is 1. The molecular weight excluding hydrogens is 756 g/mol. The third-order valence-corrected chi connectivity index (χ3v) is 9.86. The summed E-state index contributed by atoms with van der Waals surface area (Å²) in [6.45, 7) is 4.32. The maximum atomic E-state index is 12.8. The minimum atomic E-state index is -4.61. The maximum absolute atomic E-state index is 12.8. The van der Waals surface area contributed by atoms with Gasteiger partial charge in [0, 0.05) is 6.42 Å². The normalized spacial score (nSPS) is 15.4. The average molecular weight is 839 g/mol. The molecule has 0 saturated carbocycles. The lowest BCUT2D eigenvalue weighted by Gasteiger charge is -2.29. The number of aliphatic hydroxyl groups is 1. The van der Waals surface area contributed by atoms with Crippen LogP contribution in [0.15, 0.2) is 122 Å². The van der Waals surface area contributed by atoms with Crippen LogP contribution in [-0.2, 0) is 18.4 Å². The predicted octanol–water partition coefficient (Wildman–Crippen LogP) is 12.1. The minimum Gasteiger partial charge on any atom is -0.756 e. The number of nitrogens with zero attached hydrogens (tertiary/aromatic N) is 1. The molecule has 3 atom stereocenters. The van der Waals surface area contributed by atoms with E-state index in [-0.39, 0.29) is 12.5 Å². The first-order valence-electron chi connectivity index (χ1n) is 22.4. The van der Waals surface area contributed by atoms with Crippen molar-refractivity contribution < 1.29 is 32.9 Å². The number of nitrogens with one attached hydrogen (secondary N) is 1. The second-order valence-corrected chi connectivity index (χ2v) is 17.0. The number of hydrogen-bond donors (Lipinski definition) is 2. The average Bonchev–Trinajstić information content (AvgIpc) is 3.19. The van der Waals surface area contributed by atoms with Crippen LogP contribution in [0.4, 0.5) is 0 Å². The van der Waals surface area contributed by atoms with Crippen LogP contribution in [0.5, 0.6) is 0 Å². The van der Waals surface area contributed by atoms with E-state index in [1.807, 2.05) is 27.2 Å². The molecule has 59 heavy (non-hydrogen) atoms. The van der Waals surface area contributed by atoms with Crippen LogP contribution in [0.3, 0.4) is 0 Å². The van der Waals surface area contributed by atoms with Crippen molar-refractivity contribution in [2.24, 2.45) is 0 Å². The molecule has 0 saturated heterocycles. The molecule has 0 aromatic heterocycles. The molecule has 1 amide bonds. The van der Waals surface area contributed by atoms with Crippen molar-refractivity contribution in [1.29, 1.82) is 0 Å². The summed E-state index contributed by atoms with van der Waals surface area (Å²) in [5.74, 6) is -0.241. The van der Waals surface area contributed by atoms with Crippen molar-refractivity contribution in [1.82, 2.24) is 5.32 Å². The highest BCUT2D eigenvalue weighted by Gasteiger charge is 2.23. The maximum Gasteiger partial charge on any atom is 0.268 e. The predicted molar refractivity (Wildman–Crippen MR) is 251 cm³/mol. The Morgan fingerprint density at radius 3 is 1.51 bits per heavy atom. The van der Waals surface area contributed by atoms with Crippen LogP contribution in [-0.4, -0.2) is 68.5 Å². The lowest BCUT2D eigenvalue weighted by Crippen LogP contribution is -2.45. The van der Waals surface area contributed by atoms with Gasteiger partial charge in [0.15, 0.2) is 0 Å². The Kier molecular flexibility index (Phi) is 38.2. The number of likely N-dealkylation sites (N-methyl/N-ethyl adjacent to an activating group) is 1. The van der Waals surface area contributed by atoms with Gasteiger partial charge in [-0.25, -0.2) is 0 Å². The molecule has 0 aromatic carbocycles. The molecule has 0 radical (unpaired) electrons. The van der Waals surface area contributed by atoms with Crippen molar-refractivity contribution in [3.8, 4) is 0 Å². The van der Waals surface area contributed by atoms with E-state index in [0.29, 0.717) is 23.9 Å². The first kappa shape index (κ1) is 55.9. The molecule has 8 nitrogen and oxygen atoms in total. The van der Waals surface area contributed by atoms with Gasteiger partial charge in [-0.2, -0.15) is 0 Å². The largest absolute Gasteiger partial charge is 0.756 e. The summed E-state index contributed by atoms with van der Waals surface area (Å²) in [6, 6.07) is -0.927. The van der Waals surface area contributed by atoms with E-state index in [0.717, 1.165) is 109 Å².